The third kappa shape index (κ3) is 7.15. The molecular weight excluding hydrogens is 529 g/mol. The topological polar surface area (TPSA) is 24.7 Å². The standard InChI is InChI=1S/C31H44N2S4/c1-3-5-7-9-11-13-15-33-21-23-17-29-31(35-23)25-19-26-24(18-27(25)37-29)30-28(36-26)16-22(34-30)20-32-14-12-10-8-6-4-2/h16-17,20-21,24-27H,3-15,18-19H2,1-2H3. The van der Waals surface area contributed by atoms with Gasteiger partial charge in [0.05, 0.1) is 0 Å². The molecule has 2 aromatic rings. The predicted molar refractivity (Wildman–Crippen MR) is 170 cm³/mol. The first-order valence-corrected chi connectivity index (χ1v) is 18.3. The summed E-state index contributed by atoms with van der Waals surface area (Å²) < 4.78 is 0. The Morgan fingerprint density at radius 2 is 1.08 bits per heavy atom. The molecule has 1 aliphatic carbocycles. The molecule has 0 saturated heterocycles. The number of thiophene rings is 2. The molecule has 2 aromatic heterocycles. The number of thioether (sulfide) groups is 2. The Hall–Kier alpha value is -0.560. The van der Waals surface area contributed by atoms with Gasteiger partial charge < -0.3 is 0 Å². The lowest BCUT2D eigenvalue weighted by Crippen LogP contribution is -2.28. The summed E-state index contributed by atoms with van der Waals surface area (Å²) in [6.07, 6.45) is 21.6. The van der Waals surface area contributed by atoms with Crippen molar-refractivity contribution in [2.45, 2.75) is 129 Å². The minimum absolute atomic E-state index is 0.752. The molecule has 0 spiro atoms. The van der Waals surface area contributed by atoms with Crippen LogP contribution >= 0.6 is 46.2 Å². The van der Waals surface area contributed by atoms with E-state index in [1.165, 1.54) is 93.2 Å². The lowest BCUT2D eigenvalue weighted by molar-refractivity contribution is 0.435. The summed E-state index contributed by atoms with van der Waals surface area (Å²) in [5.74, 6) is 1.50. The molecule has 0 bridgehead atoms. The first kappa shape index (κ1) is 28.0. The molecule has 0 aromatic carbocycles. The van der Waals surface area contributed by atoms with Gasteiger partial charge in [-0.25, -0.2) is 0 Å². The summed E-state index contributed by atoms with van der Waals surface area (Å²) in [5.41, 5.74) is 0. The minimum atomic E-state index is 0.752. The highest BCUT2D eigenvalue weighted by atomic mass is 32.2. The van der Waals surface area contributed by atoms with E-state index in [0.717, 1.165) is 35.4 Å². The number of unbranched alkanes of at least 4 members (excludes halogenated alkanes) is 9. The molecule has 4 atom stereocenters. The second kappa shape index (κ2) is 14.2. The normalized spacial score (nSPS) is 24.2. The maximum atomic E-state index is 4.76. The Balaban J connectivity index is 1.09. The number of rotatable bonds is 15. The first-order chi connectivity index (χ1) is 18.3. The molecule has 202 valence electrons. The molecule has 37 heavy (non-hydrogen) atoms. The molecule has 5 rings (SSSR count). The highest BCUT2D eigenvalue weighted by Gasteiger charge is 2.48. The monoisotopic (exact) mass is 572 g/mol. The van der Waals surface area contributed by atoms with Crippen molar-refractivity contribution in [1.82, 2.24) is 0 Å². The summed E-state index contributed by atoms with van der Waals surface area (Å²) in [5, 5.41) is 1.54. The molecule has 4 heterocycles. The Morgan fingerprint density at radius 1 is 0.649 bits per heavy atom. The van der Waals surface area contributed by atoms with Crippen LogP contribution in [0, 0.1) is 0 Å². The lowest BCUT2D eigenvalue weighted by Gasteiger charge is -2.33. The van der Waals surface area contributed by atoms with Gasteiger partial charge in [-0.1, -0.05) is 71.6 Å². The molecular formula is C31H44N2S4. The predicted octanol–water partition coefficient (Wildman–Crippen LogP) is 10.6. The highest BCUT2D eigenvalue weighted by Crippen LogP contribution is 2.63. The van der Waals surface area contributed by atoms with Crippen molar-refractivity contribution in [3.63, 3.8) is 0 Å². The van der Waals surface area contributed by atoms with Gasteiger partial charge in [0.25, 0.3) is 0 Å². The van der Waals surface area contributed by atoms with E-state index in [-0.39, 0.29) is 0 Å². The van der Waals surface area contributed by atoms with Crippen LogP contribution in [-0.2, 0) is 0 Å². The summed E-state index contributed by atoms with van der Waals surface area (Å²) in [6.45, 7) is 6.53. The number of hydrogen-bond acceptors (Lipinski definition) is 6. The van der Waals surface area contributed by atoms with Crippen molar-refractivity contribution in [3.8, 4) is 0 Å². The quantitative estimate of drug-likeness (QED) is 0.157. The fourth-order valence-electron chi connectivity index (χ4n) is 6.01. The maximum Gasteiger partial charge on any atom is 0.0463 e. The molecule has 0 N–H and O–H groups in total. The fraction of sp³-hybridized carbons (Fsp3) is 0.677. The van der Waals surface area contributed by atoms with E-state index in [2.05, 4.69) is 61.9 Å². The summed E-state index contributed by atoms with van der Waals surface area (Å²) in [7, 11) is 0. The van der Waals surface area contributed by atoms with Crippen LogP contribution in [0.25, 0.3) is 0 Å². The van der Waals surface area contributed by atoms with Gasteiger partial charge in [-0.15, -0.1) is 46.2 Å². The Kier molecular flexibility index (Phi) is 10.7. The fourth-order valence-corrected chi connectivity index (χ4v) is 12.1. The Morgan fingerprint density at radius 3 is 1.54 bits per heavy atom. The van der Waals surface area contributed by atoms with Crippen LogP contribution in [0.4, 0.5) is 0 Å². The lowest BCUT2D eigenvalue weighted by atomic mass is 9.80. The second-order valence-electron chi connectivity index (χ2n) is 11.0. The number of hydrogen-bond donors (Lipinski definition) is 0. The van der Waals surface area contributed by atoms with Gasteiger partial charge in [0, 0.05) is 77.2 Å². The van der Waals surface area contributed by atoms with Gasteiger partial charge >= 0.3 is 0 Å². The molecule has 6 heteroatoms. The Labute approximate surface area is 241 Å². The van der Waals surface area contributed by atoms with Gasteiger partial charge in [-0.2, -0.15) is 0 Å². The highest BCUT2D eigenvalue weighted by molar-refractivity contribution is 8.01. The molecule has 2 aliphatic heterocycles. The van der Waals surface area contributed by atoms with Crippen LogP contribution in [0.1, 0.15) is 129 Å². The van der Waals surface area contributed by atoms with Crippen molar-refractivity contribution in [3.05, 3.63) is 31.6 Å². The number of aliphatic imine (C=N–C) groups is 2. The van der Waals surface area contributed by atoms with Crippen LogP contribution in [0.2, 0.25) is 0 Å². The van der Waals surface area contributed by atoms with Crippen LogP contribution in [0.5, 0.6) is 0 Å². The van der Waals surface area contributed by atoms with E-state index in [1.807, 2.05) is 22.7 Å². The zero-order valence-electron chi connectivity index (χ0n) is 22.8. The number of nitrogens with zero attached hydrogens (tertiary/aromatic N) is 2. The first-order valence-electron chi connectivity index (χ1n) is 14.9. The second-order valence-corrected chi connectivity index (χ2v) is 15.8. The van der Waals surface area contributed by atoms with Gasteiger partial charge in [0.1, 0.15) is 0 Å². The van der Waals surface area contributed by atoms with Gasteiger partial charge in [0.15, 0.2) is 0 Å². The van der Waals surface area contributed by atoms with E-state index >= 15 is 0 Å². The van der Waals surface area contributed by atoms with Gasteiger partial charge in [-0.3, -0.25) is 9.98 Å². The van der Waals surface area contributed by atoms with E-state index < -0.39 is 0 Å². The SMILES string of the molecule is CCCCCCCCN=Cc1cc2c(s1)C1CC3Sc4cc(C=NCCCCCCC)sc4C3CC1S2. The molecule has 1 fully saturated rings. The maximum absolute atomic E-state index is 4.76. The van der Waals surface area contributed by atoms with E-state index in [9.17, 15) is 0 Å². The molecule has 3 aliphatic rings. The third-order valence-electron chi connectivity index (χ3n) is 8.06. The molecule has 4 unspecified atom stereocenters. The van der Waals surface area contributed by atoms with Gasteiger partial charge in [0.2, 0.25) is 0 Å². The Bertz CT molecular complexity index is 1050. The van der Waals surface area contributed by atoms with E-state index in [1.54, 1.807) is 19.5 Å². The summed E-state index contributed by atoms with van der Waals surface area (Å²) in [4.78, 5) is 18.7. The van der Waals surface area contributed by atoms with Crippen molar-refractivity contribution >= 4 is 58.6 Å². The van der Waals surface area contributed by atoms with Crippen molar-refractivity contribution in [2.75, 3.05) is 13.1 Å². The van der Waals surface area contributed by atoms with Crippen molar-refractivity contribution in [1.29, 1.82) is 0 Å². The zero-order chi connectivity index (χ0) is 25.5. The van der Waals surface area contributed by atoms with Crippen molar-refractivity contribution in [2.24, 2.45) is 9.98 Å². The largest absolute Gasteiger partial charge is 0.292 e. The van der Waals surface area contributed by atoms with Crippen molar-refractivity contribution < 1.29 is 0 Å². The van der Waals surface area contributed by atoms with Crippen LogP contribution in [0.15, 0.2) is 31.9 Å². The van der Waals surface area contributed by atoms with Crippen LogP contribution < -0.4 is 0 Å². The summed E-state index contributed by atoms with van der Waals surface area (Å²) in [6, 6.07) is 4.87. The molecule has 0 amide bonds. The molecule has 1 saturated carbocycles. The zero-order valence-corrected chi connectivity index (χ0v) is 26.0. The van der Waals surface area contributed by atoms with Crippen LogP contribution in [-0.4, -0.2) is 36.0 Å². The van der Waals surface area contributed by atoms with E-state index in [0.29, 0.717) is 0 Å². The average Bonchev–Trinajstić information content (AvgIpc) is 3.63. The number of fused-ring (bicyclic) bond motifs is 6. The van der Waals surface area contributed by atoms with E-state index in [4.69, 9.17) is 9.98 Å². The molecule has 2 nitrogen and oxygen atoms in total. The summed E-state index contributed by atoms with van der Waals surface area (Å²) >= 11 is 8.39. The third-order valence-corrected chi connectivity index (χ3v) is 13.5. The average molecular weight is 573 g/mol. The van der Waals surface area contributed by atoms with Gasteiger partial charge in [-0.05, 0) is 37.8 Å². The smallest absolute Gasteiger partial charge is 0.0463 e. The molecule has 0 radical (unpaired) electrons. The van der Waals surface area contributed by atoms with Crippen LogP contribution in [0.3, 0.4) is 0 Å². The minimum Gasteiger partial charge on any atom is -0.292 e.